The van der Waals surface area contributed by atoms with Crippen LogP contribution in [-0.4, -0.2) is 67.5 Å². The van der Waals surface area contributed by atoms with Crippen LogP contribution in [0.5, 0.6) is 17.2 Å². The second-order valence-corrected chi connectivity index (χ2v) is 9.95. The fourth-order valence-corrected chi connectivity index (χ4v) is 3.90. The maximum Gasteiger partial charge on any atom is 0.472 e. The Labute approximate surface area is 194 Å². The molecule has 2 unspecified atom stereocenters. The zero-order valence-corrected chi connectivity index (χ0v) is 20.1. The van der Waals surface area contributed by atoms with Crippen molar-refractivity contribution < 1.29 is 42.4 Å². The van der Waals surface area contributed by atoms with Crippen LogP contribution in [0.3, 0.4) is 0 Å². The molecule has 10 heteroatoms. The van der Waals surface area contributed by atoms with Crippen molar-refractivity contribution in [1.29, 1.82) is 0 Å². The monoisotopic (exact) mass is 482 g/mol. The highest BCUT2D eigenvalue weighted by Crippen LogP contribution is 2.45. The van der Waals surface area contributed by atoms with Crippen molar-refractivity contribution in [3.63, 3.8) is 0 Å². The number of phosphoric acid groups is 1. The molecule has 0 radical (unpaired) electrons. The number of aliphatic carboxylic acids is 1. The molecule has 0 saturated heterocycles. The minimum atomic E-state index is -4.36. The molecular weight excluding hydrogens is 449 g/mol. The Morgan fingerprint density at radius 3 is 2.12 bits per heavy atom. The molecule has 0 spiro atoms. The molecule has 2 aromatic carbocycles. The number of unbranched alkanes of at least 4 members (excludes halogenated alkanes) is 1. The van der Waals surface area contributed by atoms with E-state index in [1.807, 2.05) is 63.6 Å². The molecule has 9 nitrogen and oxygen atoms in total. The number of hydrogen-bond donors (Lipinski definition) is 2. The molecule has 0 saturated carbocycles. The van der Waals surface area contributed by atoms with Gasteiger partial charge in [0.15, 0.2) is 0 Å². The maximum absolute atomic E-state index is 12.2. The third-order valence-electron chi connectivity index (χ3n) is 4.30. The molecule has 0 aromatic heterocycles. The van der Waals surface area contributed by atoms with Crippen molar-refractivity contribution in [2.45, 2.75) is 25.4 Å². The second kappa shape index (κ2) is 12.7. The second-order valence-electron chi connectivity index (χ2n) is 8.54. The molecule has 0 amide bonds. The summed E-state index contributed by atoms with van der Waals surface area (Å²) in [6, 6.07) is 16.7. The quantitative estimate of drug-likeness (QED) is 0.219. The number of carboxylic acids is 1. The fourth-order valence-electron chi connectivity index (χ4n) is 2.96. The largest absolute Gasteiger partial charge is 0.494 e. The highest BCUT2D eigenvalue weighted by atomic mass is 31.2. The van der Waals surface area contributed by atoms with Crippen molar-refractivity contribution in [3.05, 3.63) is 54.6 Å². The first-order valence-corrected chi connectivity index (χ1v) is 12.2. The molecule has 0 aliphatic rings. The lowest BCUT2D eigenvalue weighted by molar-refractivity contribution is -0.873. The summed E-state index contributed by atoms with van der Waals surface area (Å²) in [5.41, 5.74) is 0. The third kappa shape index (κ3) is 11.8. The summed E-state index contributed by atoms with van der Waals surface area (Å²) in [5.74, 6) is 1.03. The number of benzene rings is 2. The third-order valence-corrected chi connectivity index (χ3v) is 5.37. The Hall–Kier alpha value is -2.42. The van der Waals surface area contributed by atoms with Crippen molar-refractivity contribution in [2.75, 3.05) is 40.9 Å². The van der Waals surface area contributed by atoms with Gasteiger partial charge in [-0.05, 0) is 49.2 Å². The van der Waals surface area contributed by atoms with Crippen LogP contribution in [0.4, 0.5) is 0 Å². The van der Waals surface area contributed by atoms with Crippen LogP contribution in [0.15, 0.2) is 54.6 Å². The van der Waals surface area contributed by atoms with Gasteiger partial charge in [0, 0.05) is 0 Å². The van der Waals surface area contributed by atoms with Crippen LogP contribution in [-0.2, 0) is 18.4 Å². The van der Waals surface area contributed by atoms with E-state index in [-0.39, 0.29) is 19.6 Å². The van der Waals surface area contributed by atoms with Crippen LogP contribution in [0.1, 0.15) is 19.3 Å². The number of phosphoric ester groups is 1. The van der Waals surface area contributed by atoms with Gasteiger partial charge in [-0.2, -0.15) is 0 Å². The van der Waals surface area contributed by atoms with Gasteiger partial charge >= 0.3 is 13.8 Å². The van der Waals surface area contributed by atoms with E-state index in [9.17, 15) is 14.3 Å². The zero-order valence-electron chi connectivity index (χ0n) is 19.3. The Bertz CT molecular complexity index is 899. The van der Waals surface area contributed by atoms with Gasteiger partial charge in [-0.25, -0.2) is 4.57 Å². The number of para-hydroxylation sites is 1. The summed E-state index contributed by atoms with van der Waals surface area (Å²) in [5, 5.41) is 9.01. The molecule has 0 aliphatic carbocycles. The standard InChI is InChI=1S/C23H32NO8P/c1-24(2,3)18-22(17-23(25)26)32-33(27,28)30-16-8-7-15-29-19-11-13-21(14-12-19)31-20-9-5-4-6-10-20/h4-6,9-14,22H,7-8,15-18H2,1-3H3,(H-,25,26,27,28)/p+1. The number of carboxylic acid groups (broad SMARTS) is 1. The minimum Gasteiger partial charge on any atom is -0.494 e. The van der Waals surface area contributed by atoms with E-state index in [2.05, 4.69) is 0 Å². The van der Waals surface area contributed by atoms with Crippen molar-refractivity contribution in [1.82, 2.24) is 0 Å². The Morgan fingerprint density at radius 2 is 1.52 bits per heavy atom. The van der Waals surface area contributed by atoms with E-state index < -0.39 is 19.9 Å². The Morgan fingerprint density at radius 1 is 0.939 bits per heavy atom. The van der Waals surface area contributed by atoms with Crippen LogP contribution in [0.2, 0.25) is 0 Å². The molecule has 182 valence electrons. The van der Waals surface area contributed by atoms with Gasteiger partial charge in [-0.3, -0.25) is 13.8 Å². The highest BCUT2D eigenvalue weighted by Gasteiger charge is 2.31. The van der Waals surface area contributed by atoms with Gasteiger partial charge in [0.25, 0.3) is 0 Å². The average Bonchev–Trinajstić information content (AvgIpc) is 2.70. The maximum atomic E-state index is 12.2. The number of rotatable bonds is 15. The lowest BCUT2D eigenvalue weighted by atomic mass is 10.2. The number of carbonyl (C=O) groups is 1. The van der Waals surface area contributed by atoms with Gasteiger partial charge in [-0.15, -0.1) is 0 Å². The molecule has 0 heterocycles. The van der Waals surface area contributed by atoms with Crippen LogP contribution in [0.25, 0.3) is 0 Å². The molecule has 0 aliphatic heterocycles. The van der Waals surface area contributed by atoms with Gasteiger partial charge in [-0.1, -0.05) is 18.2 Å². The number of ether oxygens (including phenoxy) is 2. The first-order chi connectivity index (χ1) is 15.5. The molecule has 0 bridgehead atoms. The van der Waals surface area contributed by atoms with Gasteiger partial charge < -0.3 is 24.0 Å². The van der Waals surface area contributed by atoms with Crippen LogP contribution >= 0.6 is 7.82 Å². The van der Waals surface area contributed by atoms with Crippen LogP contribution in [0, 0.1) is 0 Å². The number of hydrogen-bond acceptors (Lipinski definition) is 6. The van der Waals surface area contributed by atoms with Crippen molar-refractivity contribution in [3.8, 4) is 17.2 Å². The first kappa shape index (κ1) is 26.8. The summed E-state index contributed by atoms with van der Waals surface area (Å²) in [6.07, 6.45) is -0.246. The first-order valence-electron chi connectivity index (χ1n) is 10.7. The molecule has 2 atom stereocenters. The number of likely N-dealkylation sites (N-methyl/N-ethyl adjacent to an activating group) is 1. The predicted octanol–water partition coefficient (Wildman–Crippen LogP) is 4.32. The molecule has 2 N–H and O–H groups in total. The summed E-state index contributed by atoms with van der Waals surface area (Å²) < 4.78 is 34.1. The molecule has 2 aromatic rings. The summed E-state index contributed by atoms with van der Waals surface area (Å²) in [6.45, 7) is 0.649. The summed E-state index contributed by atoms with van der Waals surface area (Å²) >= 11 is 0. The Kier molecular flexibility index (Phi) is 10.3. The smallest absolute Gasteiger partial charge is 0.472 e. The normalized spacial score (nSPS) is 14.3. The summed E-state index contributed by atoms with van der Waals surface area (Å²) in [4.78, 5) is 20.9. The lowest BCUT2D eigenvalue weighted by Gasteiger charge is -2.29. The van der Waals surface area contributed by atoms with E-state index in [0.717, 1.165) is 5.75 Å². The van der Waals surface area contributed by atoms with E-state index in [4.69, 9.17) is 23.6 Å². The van der Waals surface area contributed by atoms with E-state index in [0.29, 0.717) is 35.4 Å². The topological polar surface area (TPSA) is 112 Å². The van der Waals surface area contributed by atoms with Gasteiger partial charge in [0.05, 0.1) is 40.8 Å². The number of quaternary nitrogens is 1. The molecule has 0 fully saturated rings. The molecule has 2 rings (SSSR count). The molecule has 33 heavy (non-hydrogen) atoms. The highest BCUT2D eigenvalue weighted by molar-refractivity contribution is 7.47. The van der Waals surface area contributed by atoms with Crippen LogP contribution < -0.4 is 9.47 Å². The van der Waals surface area contributed by atoms with E-state index in [1.54, 1.807) is 12.1 Å². The SMILES string of the molecule is C[N+](C)(C)CC(CC(=O)O)OP(=O)(O)OCCCCOc1ccc(Oc2ccccc2)cc1. The van der Waals surface area contributed by atoms with E-state index >= 15 is 0 Å². The summed E-state index contributed by atoms with van der Waals surface area (Å²) in [7, 11) is 1.16. The van der Waals surface area contributed by atoms with Crippen molar-refractivity contribution >= 4 is 13.8 Å². The van der Waals surface area contributed by atoms with Crippen molar-refractivity contribution in [2.24, 2.45) is 0 Å². The minimum absolute atomic E-state index is 0.00877. The zero-order chi connectivity index (χ0) is 24.3. The Balaban J connectivity index is 1.67. The molecular formula is C23H33NO8P+. The van der Waals surface area contributed by atoms with E-state index in [1.165, 1.54) is 0 Å². The number of nitrogens with zero attached hydrogens (tertiary/aromatic N) is 1. The predicted molar refractivity (Wildman–Crippen MR) is 123 cm³/mol. The fraction of sp³-hybridized carbons (Fsp3) is 0.435. The van der Waals surface area contributed by atoms with Gasteiger partial charge in [0.2, 0.25) is 0 Å². The van der Waals surface area contributed by atoms with Gasteiger partial charge in [0.1, 0.15) is 29.9 Å². The lowest BCUT2D eigenvalue weighted by Crippen LogP contribution is -2.42. The average molecular weight is 482 g/mol.